The summed E-state index contributed by atoms with van der Waals surface area (Å²) < 4.78 is 4.39. The highest BCUT2D eigenvalue weighted by Gasteiger charge is 2.49. The van der Waals surface area contributed by atoms with Gasteiger partial charge in [0.05, 0.1) is 26.7 Å². The second-order valence-electron chi connectivity index (χ2n) is 3.84. The number of hydrogen-bond donors (Lipinski definition) is 2. The summed E-state index contributed by atoms with van der Waals surface area (Å²) in [5, 5.41) is 21.8. The number of carbonyl (C=O) groups is 2. The van der Waals surface area contributed by atoms with Crippen LogP contribution in [-0.4, -0.2) is 65.8 Å². The maximum Gasteiger partial charge on any atom is 0.407 e. The number of carboxylic acid groups (broad SMARTS) is 1. The van der Waals surface area contributed by atoms with E-state index in [0.29, 0.717) is 0 Å². The Morgan fingerprint density at radius 3 is 2.59 bits per heavy atom. The van der Waals surface area contributed by atoms with Crippen molar-refractivity contribution in [3.63, 3.8) is 0 Å². The first-order valence-electron chi connectivity index (χ1n) is 4.80. The maximum absolute atomic E-state index is 10.9. The molecule has 1 saturated heterocycles. The molecule has 0 bridgehead atoms. The third kappa shape index (κ3) is 3.28. The monoisotopic (exact) mass is 247 g/mol. The van der Waals surface area contributed by atoms with Gasteiger partial charge in [0.25, 0.3) is 0 Å². The smallest absolute Gasteiger partial charge is 0.407 e. The number of nitrogens with zero attached hydrogens (tertiary/aromatic N) is 2. The first-order chi connectivity index (χ1) is 7.88. The summed E-state index contributed by atoms with van der Waals surface area (Å²) in [7, 11) is 1.20. The molecule has 0 radical (unpaired) electrons. The summed E-state index contributed by atoms with van der Waals surface area (Å²) in [5.41, 5.74) is -0.976. The first-order valence-corrected chi connectivity index (χ1v) is 4.80. The van der Waals surface area contributed by atoms with Crippen molar-refractivity contribution in [1.29, 1.82) is 0 Å². The number of amides is 1. The van der Waals surface area contributed by atoms with Crippen LogP contribution in [0.3, 0.4) is 0 Å². The molecule has 17 heavy (non-hydrogen) atoms. The fraction of sp³-hybridized carbons (Fsp3) is 0.750. The number of likely N-dealkylation sites (tertiary alicyclic amines) is 1. The van der Waals surface area contributed by atoms with E-state index in [1.807, 2.05) is 0 Å². The third-order valence-electron chi connectivity index (χ3n) is 2.52. The van der Waals surface area contributed by atoms with Gasteiger partial charge in [0.15, 0.2) is 0 Å². The minimum atomic E-state index is -1.14. The van der Waals surface area contributed by atoms with E-state index in [0.717, 1.165) is 4.90 Å². The van der Waals surface area contributed by atoms with Crippen LogP contribution < -0.4 is 5.32 Å². The summed E-state index contributed by atoms with van der Waals surface area (Å²) in [5.74, 6) is -0.554. The van der Waals surface area contributed by atoms with Crippen LogP contribution in [0.2, 0.25) is 0 Å². The second kappa shape index (κ2) is 4.95. The largest absolute Gasteiger partial charge is 0.468 e. The number of nitro groups is 1. The lowest BCUT2D eigenvalue weighted by Crippen LogP contribution is -2.73. The van der Waals surface area contributed by atoms with Crippen molar-refractivity contribution in [2.45, 2.75) is 5.54 Å². The molecule has 0 aliphatic carbocycles. The van der Waals surface area contributed by atoms with Crippen LogP contribution in [0.4, 0.5) is 4.79 Å². The Hall–Kier alpha value is -1.90. The Bertz CT molecular complexity index is 338. The normalized spacial score (nSPS) is 17.1. The Morgan fingerprint density at radius 2 is 2.18 bits per heavy atom. The van der Waals surface area contributed by atoms with Crippen LogP contribution >= 0.6 is 0 Å². The first kappa shape index (κ1) is 13.2. The van der Waals surface area contributed by atoms with Crippen molar-refractivity contribution in [2.24, 2.45) is 0 Å². The summed E-state index contributed by atoms with van der Waals surface area (Å²) >= 11 is 0. The zero-order chi connectivity index (χ0) is 13.1. The van der Waals surface area contributed by atoms with Crippen LogP contribution in [0.15, 0.2) is 0 Å². The lowest BCUT2D eigenvalue weighted by Gasteiger charge is -2.46. The van der Waals surface area contributed by atoms with Crippen LogP contribution in [0, 0.1) is 10.1 Å². The van der Waals surface area contributed by atoms with E-state index in [1.54, 1.807) is 0 Å². The number of rotatable bonds is 5. The Labute approximate surface area is 96.5 Å². The molecule has 0 aromatic rings. The van der Waals surface area contributed by atoms with E-state index in [9.17, 15) is 19.7 Å². The van der Waals surface area contributed by atoms with Crippen molar-refractivity contribution >= 4 is 12.1 Å². The standard InChI is InChI=1S/C8H13N3O6/c1-17-6(12)2-9-8(5-11(15)16)3-10(4-8)7(13)14/h9H,2-5H2,1H3,(H,13,14). The van der Waals surface area contributed by atoms with Gasteiger partial charge in [-0.2, -0.15) is 0 Å². The Kier molecular flexibility index (Phi) is 3.84. The van der Waals surface area contributed by atoms with E-state index in [4.69, 9.17) is 5.11 Å². The number of ether oxygens (including phenoxy) is 1. The van der Waals surface area contributed by atoms with Gasteiger partial charge in [0.1, 0.15) is 5.54 Å². The molecule has 1 rings (SSSR count). The molecule has 0 aromatic heterocycles. The third-order valence-corrected chi connectivity index (χ3v) is 2.52. The van der Waals surface area contributed by atoms with Gasteiger partial charge in [-0.15, -0.1) is 0 Å². The lowest BCUT2D eigenvalue weighted by molar-refractivity contribution is -0.494. The zero-order valence-corrected chi connectivity index (χ0v) is 9.21. The van der Waals surface area contributed by atoms with Gasteiger partial charge in [-0.1, -0.05) is 0 Å². The summed E-state index contributed by atoms with van der Waals surface area (Å²) in [6.07, 6.45) is -1.14. The molecule has 1 aliphatic heterocycles. The fourth-order valence-electron chi connectivity index (χ4n) is 1.67. The van der Waals surface area contributed by atoms with Gasteiger partial charge in [-0.05, 0) is 0 Å². The number of esters is 1. The molecule has 9 nitrogen and oxygen atoms in total. The van der Waals surface area contributed by atoms with E-state index in [2.05, 4.69) is 10.1 Å². The van der Waals surface area contributed by atoms with Gasteiger partial charge >= 0.3 is 12.1 Å². The number of nitrogens with one attached hydrogen (secondary N) is 1. The molecule has 0 spiro atoms. The van der Waals surface area contributed by atoms with E-state index in [1.165, 1.54) is 7.11 Å². The molecular formula is C8H13N3O6. The topological polar surface area (TPSA) is 122 Å². The molecule has 96 valence electrons. The molecule has 1 amide bonds. The van der Waals surface area contributed by atoms with E-state index in [-0.39, 0.29) is 19.6 Å². The van der Waals surface area contributed by atoms with Crippen LogP contribution in [0.1, 0.15) is 0 Å². The molecule has 0 atom stereocenters. The molecular weight excluding hydrogens is 234 g/mol. The molecule has 2 N–H and O–H groups in total. The van der Waals surface area contributed by atoms with Crippen LogP contribution in [0.25, 0.3) is 0 Å². The Morgan fingerprint density at radius 1 is 1.59 bits per heavy atom. The molecule has 1 aliphatic rings. The van der Waals surface area contributed by atoms with Crippen molar-refractivity contribution in [3.8, 4) is 0 Å². The summed E-state index contributed by atoms with van der Waals surface area (Å²) in [6, 6.07) is 0. The average Bonchev–Trinajstić information content (AvgIpc) is 2.19. The van der Waals surface area contributed by atoms with Gasteiger partial charge in [-0.3, -0.25) is 20.2 Å². The lowest BCUT2D eigenvalue weighted by atomic mass is 9.90. The number of carbonyl (C=O) groups excluding carboxylic acids is 1. The molecule has 0 aromatic carbocycles. The maximum atomic E-state index is 10.9. The highest BCUT2D eigenvalue weighted by Crippen LogP contribution is 2.21. The van der Waals surface area contributed by atoms with Crippen molar-refractivity contribution in [2.75, 3.05) is 33.3 Å². The van der Waals surface area contributed by atoms with Crippen molar-refractivity contribution in [1.82, 2.24) is 10.2 Å². The van der Waals surface area contributed by atoms with Crippen LogP contribution in [0.5, 0.6) is 0 Å². The Balaban J connectivity index is 2.54. The summed E-state index contributed by atoms with van der Waals surface area (Å²) in [6.45, 7) is -0.647. The van der Waals surface area contributed by atoms with Gasteiger partial charge in [0, 0.05) is 4.92 Å². The van der Waals surface area contributed by atoms with Crippen molar-refractivity contribution < 1.29 is 24.4 Å². The minimum absolute atomic E-state index is 0.0136. The predicted molar refractivity (Wildman–Crippen MR) is 54.2 cm³/mol. The second-order valence-corrected chi connectivity index (χ2v) is 3.84. The van der Waals surface area contributed by atoms with Crippen LogP contribution in [-0.2, 0) is 9.53 Å². The zero-order valence-electron chi connectivity index (χ0n) is 9.21. The number of hydrogen-bond acceptors (Lipinski definition) is 6. The number of methoxy groups -OCH3 is 1. The molecule has 0 unspecified atom stereocenters. The quantitative estimate of drug-likeness (QED) is 0.354. The predicted octanol–water partition coefficient (Wildman–Crippen LogP) is -1.24. The van der Waals surface area contributed by atoms with Gasteiger partial charge in [0.2, 0.25) is 6.54 Å². The molecule has 1 heterocycles. The SMILES string of the molecule is COC(=O)CNC1(C[N+](=O)[O-])CN(C(=O)O)C1. The highest BCUT2D eigenvalue weighted by atomic mass is 16.6. The molecule has 1 fully saturated rings. The van der Waals surface area contributed by atoms with Crippen molar-refractivity contribution in [3.05, 3.63) is 10.1 Å². The van der Waals surface area contributed by atoms with Gasteiger partial charge in [-0.25, -0.2) is 4.79 Å². The van der Waals surface area contributed by atoms with E-state index < -0.39 is 29.1 Å². The molecule has 9 heteroatoms. The summed E-state index contributed by atoms with van der Waals surface area (Å²) in [4.78, 5) is 32.5. The van der Waals surface area contributed by atoms with Gasteiger partial charge < -0.3 is 14.7 Å². The highest BCUT2D eigenvalue weighted by molar-refractivity contribution is 5.72. The fourth-order valence-corrected chi connectivity index (χ4v) is 1.67. The van der Waals surface area contributed by atoms with E-state index >= 15 is 0 Å². The minimum Gasteiger partial charge on any atom is -0.468 e. The molecule has 0 saturated carbocycles. The average molecular weight is 247 g/mol.